The van der Waals surface area contributed by atoms with Gasteiger partial charge in [0, 0.05) is 6.26 Å². The number of anilines is 1. The van der Waals surface area contributed by atoms with Crippen molar-refractivity contribution in [2.75, 3.05) is 11.6 Å². The van der Waals surface area contributed by atoms with Crippen molar-refractivity contribution in [1.82, 2.24) is 9.97 Å². The highest BCUT2D eigenvalue weighted by atomic mass is 35.5. The van der Waals surface area contributed by atoms with Gasteiger partial charge >= 0.3 is 0 Å². The SMILES string of the molecule is CS(=O)(=O)c1ccc(C(CC2CCC(O)CC2)C(=O)Nc2cnc(Cl)cn2)cc1Cl. The average molecular weight is 472 g/mol. The maximum atomic E-state index is 13.1. The lowest BCUT2D eigenvalue weighted by atomic mass is 9.79. The van der Waals surface area contributed by atoms with Gasteiger partial charge in [0.1, 0.15) is 5.15 Å². The van der Waals surface area contributed by atoms with Crippen LogP contribution in [0.2, 0.25) is 10.2 Å². The van der Waals surface area contributed by atoms with Crippen LogP contribution >= 0.6 is 23.2 Å². The van der Waals surface area contributed by atoms with E-state index < -0.39 is 15.8 Å². The molecular formula is C20H23Cl2N3O4S. The van der Waals surface area contributed by atoms with E-state index in [4.69, 9.17) is 23.2 Å². The molecule has 0 aliphatic heterocycles. The van der Waals surface area contributed by atoms with Gasteiger partial charge in [0.05, 0.1) is 34.3 Å². The zero-order valence-corrected chi connectivity index (χ0v) is 18.7. The van der Waals surface area contributed by atoms with Gasteiger partial charge in [-0.15, -0.1) is 0 Å². The standard InChI is InChI=1S/C20H23Cl2N3O4S/c1-30(28,29)17-7-4-13(9-16(17)21)15(8-12-2-5-14(26)6-3-12)20(27)25-19-11-23-18(22)10-24-19/h4,7,9-12,14-15,26H,2-3,5-6,8H2,1H3,(H,24,25,27). The molecule has 1 unspecified atom stereocenters. The van der Waals surface area contributed by atoms with Crippen molar-refractivity contribution in [3.05, 3.63) is 46.3 Å². The van der Waals surface area contributed by atoms with Crippen LogP contribution in [0.15, 0.2) is 35.5 Å². The predicted octanol–water partition coefficient (Wildman–Crippen LogP) is 3.85. The number of hydrogen-bond acceptors (Lipinski definition) is 6. The van der Waals surface area contributed by atoms with E-state index in [9.17, 15) is 18.3 Å². The number of aromatic nitrogens is 2. The van der Waals surface area contributed by atoms with Gasteiger partial charge in [-0.05, 0) is 55.7 Å². The topological polar surface area (TPSA) is 109 Å². The lowest BCUT2D eigenvalue weighted by Crippen LogP contribution is -2.26. The van der Waals surface area contributed by atoms with Crippen molar-refractivity contribution >= 4 is 44.8 Å². The van der Waals surface area contributed by atoms with Gasteiger partial charge in [-0.1, -0.05) is 29.3 Å². The van der Waals surface area contributed by atoms with Crippen LogP contribution in [0.25, 0.3) is 0 Å². The molecule has 1 heterocycles. The highest BCUT2D eigenvalue weighted by molar-refractivity contribution is 7.90. The summed E-state index contributed by atoms with van der Waals surface area (Å²) in [5, 5.41) is 12.8. The summed E-state index contributed by atoms with van der Waals surface area (Å²) in [6, 6.07) is 4.59. The Bertz CT molecular complexity index is 1010. The van der Waals surface area contributed by atoms with Crippen LogP contribution in [0.5, 0.6) is 0 Å². The van der Waals surface area contributed by atoms with E-state index in [2.05, 4.69) is 15.3 Å². The molecule has 1 atom stereocenters. The van der Waals surface area contributed by atoms with E-state index in [-0.39, 0.29) is 38.8 Å². The van der Waals surface area contributed by atoms with Crippen molar-refractivity contribution < 1.29 is 18.3 Å². The van der Waals surface area contributed by atoms with E-state index in [1.165, 1.54) is 24.5 Å². The molecule has 1 aromatic heterocycles. The van der Waals surface area contributed by atoms with Crippen molar-refractivity contribution in [3.63, 3.8) is 0 Å². The van der Waals surface area contributed by atoms with Crippen LogP contribution < -0.4 is 5.32 Å². The van der Waals surface area contributed by atoms with Gasteiger partial charge in [-0.2, -0.15) is 0 Å². The summed E-state index contributed by atoms with van der Waals surface area (Å²) in [7, 11) is -3.47. The molecular weight excluding hydrogens is 449 g/mol. The Morgan fingerprint density at radius 1 is 1.20 bits per heavy atom. The number of nitrogens with one attached hydrogen (secondary N) is 1. The van der Waals surface area contributed by atoms with E-state index in [0.29, 0.717) is 24.8 Å². The fourth-order valence-corrected chi connectivity index (χ4v) is 5.17. The molecule has 7 nitrogen and oxygen atoms in total. The first-order valence-electron chi connectivity index (χ1n) is 9.59. The Morgan fingerprint density at radius 2 is 1.90 bits per heavy atom. The van der Waals surface area contributed by atoms with Crippen molar-refractivity contribution in [2.45, 2.75) is 49.0 Å². The number of carbonyl (C=O) groups excluding carboxylic acids is 1. The molecule has 0 bridgehead atoms. The van der Waals surface area contributed by atoms with E-state index in [1.54, 1.807) is 6.07 Å². The van der Waals surface area contributed by atoms with Crippen molar-refractivity contribution in [2.24, 2.45) is 5.92 Å². The van der Waals surface area contributed by atoms with Crippen LogP contribution in [-0.4, -0.2) is 41.8 Å². The largest absolute Gasteiger partial charge is 0.393 e. The molecule has 10 heteroatoms. The minimum Gasteiger partial charge on any atom is -0.393 e. The van der Waals surface area contributed by atoms with Crippen molar-refractivity contribution in [1.29, 1.82) is 0 Å². The molecule has 0 radical (unpaired) electrons. The Kier molecular flexibility index (Phi) is 7.34. The van der Waals surface area contributed by atoms with Crippen LogP contribution in [0.3, 0.4) is 0 Å². The zero-order chi connectivity index (χ0) is 21.9. The summed E-state index contributed by atoms with van der Waals surface area (Å²) in [5.41, 5.74) is 0.623. The molecule has 2 aromatic rings. The molecule has 0 saturated heterocycles. The summed E-state index contributed by atoms with van der Waals surface area (Å²) in [6.07, 6.45) is 7.10. The molecule has 1 aliphatic carbocycles. The first kappa shape index (κ1) is 22.9. The number of hydrogen-bond donors (Lipinski definition) is 2. The van der Waals surface area contributed by atoms with Gasteiger partial charge in [0.15, 0.2) is 15.7 Å². The highest BCUT2D eigenvalue weighted by Gasteiger charge is 2.29. The number of halogens is 2. The number of amides is 1. The zero-order valence-electron chi connectivity index (χ0n) is 16.4. The second kappa shape index (κ2) is 9.60. The smallest absolute Gasteiger partial charge is 0.233 e. The molecule has 30 heavy (non-hydrogen) atoms. The van der Waals surface area contributed by atoms with Gasteiger partial charge < -0.3 is 10.4 Å². The van der Waals surface area contributed by atoms with Gasteiger partial charge in [0.25, 0.3) is 0 Å². The second-order valence-corrected chi connectivity index (χ2v) is 10.4. The van der Waals surface area contributed by atoms with Crippen LogP contribution in [0.1, 0.15) is 43.6 Å². The number of aliphatic hydroxyl groups is 1. The molecule has 3 rings (SSSR count). The molecule has 1 amide bonds. The molecule has 1 aromatic carbocycles. The second-order valence-electron chi connectivity index (χ2n) is 7.64. The molecule has 162 valence electrons. The Balaban J connectivity index is 1.87. The average Bonchev–Trinajstić information content (AvgIpc) is 2.68. The van der Waals surface area contributed by atoms with E-state index in [1.807, 2.05) is 0 Å². The minimum atomic E-state index is -3.47. The van der Waals surface area contributed by atoms with Gasteiger partial charge in [0.2, 0.25) is 5.91 Å². The minimum absolute atomic E-state index is 0.0245. The normalized spacial score (nSPS) is 20.5. The summed E-state index contributed by atoms with van der Waals surface area (Å²) in [4.78, 5) is 21.1. The maximum Gasteiger partial charge on any atom is 0.233 e. The summed E-state index contributed by atoms with van der Waals surface area (Å²) in [6.45, 7) is 0. The van der Waals surface area contributed by atoms with Crippen LogP contribution in [0, 0.1) is 5.92 Å². The fourth-order valence-electron chi connectivity index (χ4n) is 3.73. The Hall–Kier alpha value is -1.74. The molecule has 1 fully saturated rings. The summed E-state index contributed by atoms with van der Waals surface area (Å²) >= 11 is 12.0. The quantitative estimate of drug-likeness (QED) is 0.661. The highest BCUT2D eigenvalue weighted by Crippen LogP contribution is 2.35. The lowest BCUT2D eigenvalue weighted by molar-refractivity contribution is -0.118. The molecule has 0 spiro atoms. The number of carbonyl (C=O) groups is 1. The molecule has 1 saturated carbocycles. The number of nitrogens with zero attached hydrogens (tertiary/aromatic N) is 2. The van der Waals surface area contributed by atoms with E-state index >= 15 is 0 Å². The number of aliphatic hydroxyl groups excluding tert-OH is 1. The number of benzene rings is 1. The third-order valence-electron chi connectivity index (χ3n) is 5.33. The van der Waals surface area contributed by atoms with E-state index in [0.717, 1.165) is 19.1 Å². The number of sulfone groups is 1. The Morgan fingerprint density at radius 3 is 2.47 bits per heavy atom. The Labute approximate surface area is 185 Å². The van der Waals surface area contributed by atoms with Gasteiger partial charge in [-0.25, -0.2) is 18.4 Å². The predicted molar refractivity (Wildman–Crippen MR) is 116 cm³/mol. The third-order valence-corrected chi connectivity index (χ3v) is 7.11. The lowest BCUT2D eigenvalue weighted by Gasteiger charge is -2.28. The summed E-state index contributed by atoms with van der Waals surface area (Å²) in [5.74, 6) is -0.323. The molecule has 1 aliphatic rings. The molecule has 2 N–H and O–H groups in total. The summed E-state index contributed by atoms with van der Waals surface area (Å²) < 4.78 is 23.7. The van der Waals surface area contributed by atoms with Crippen molar-refractivity contribution in [3.8, 4) is 0 Å². The maximum absolute atomic E-state index is 13.1. The number of rotatable bonds is 6. The van der Waals surface area contributed by atoms with Crippen LogP contribution in [-0.2, 0) is 14.6 Å². The first-order chi connectivity index (χ1) is 14.1. The first-order valence-corrected chi connectivity index (χ1v) is 12.2. The third kappa shape index (κ3) is 5.91. The van der Waals surface area contributed by atoms with Gasteiger partial charge in [-0.3, -0.25) is 4.79 Å². The fraction of sp³-hybridized carbons (Fsp3) is 0.450. The van der Waals surface area contributed by atoms with Crippen LogP contribution in [0.4, 0.5) is 5.82 Å². The monoisotopic (exact) mass is 471 g/mol.